The fourth-order valence-corrected chi connectivity index (χ4v) is 2.29. The molecule has 1 saturated carbocycles. The zero-order valence-electron chi connectivity index (χ0n) is 8.48. The summed E-state index contributed by atoms with van der Waals surface area (Å²) in [4.78, 5) is -0.238. The van der Waals surface area contributed by atoms with Gasteiger partial charge in [0.1, 0.15) is 4.90 Å². The van der Waals surface area contributed by atoms with E-state index in [4.69, 9.17) is 0 Å². The molecule has 0 atom stereocenters. The van der Waals surface area contributed by atoms with Gasteiger partial charge in [0.15, 0.2) is 0 Å². The molecular weight excluding hydrogens is 219 g/mol. The molecule has 0 aliphatic heterocycles. The standard InChI is InChI=1S/C9H13FN2O2S/c1-2-5-12-6-8(15(10,13)14)9(11-12)7-3-4-7/h6-7H,2-5H2,1H3. The van der Waals surface area contributed by atoms with Gasteiger partial charge in [-0.1, -0.05) is 6.92 Å². The molecule has 0 unspecified atom stereocenters. The van der Waals surface area contributed by atoms with Crippen LogP contribution in [0.15, 0.2) is 11.1 Å². The first-order chi connectivity index (χ1) is 7.02. The second-order valence-electron chi connectivity index (χ2n) is 3.85. The second kappa shape index (κ2) is 3.59. The largest absolute Gasteiger partial charge is 0.335 e. The molecule has 0 bridgehead atoms. The zero-order valence-corrected chi connectivity index (χ0v) is 9.30. The molecule has 0 amide bonds. The van der Waals surface area contributed by atoms with E-state index in [0.717, 1.165) is 19.3 Å². The summed E-state index contributed by atoms with van der Waals surface area (Å²) < 4.78 is 36.2. The fourth-order valence-electron chi connectivity index (χ4n) is 1.59. The van der Waals surface area contributed by atoms with Crippen molar-refractivity contribution >= 4 is 10.2 Å². The number of aromatic nitrogens is 2. The number of nitrogens with zero attached hydrogens (tertiary/aromatic N) is 2. The molecule has 0 saturated heterocycles. The highest BCUT2D eigenvalue weighted by Crippen LogP contribution is 2.42. The molecule has 0 N–H and O–H groups in total. The highest BCUT2D eigenvalue weighted by atomic mass is 32.3. The molecule has 4 nitrogen and oxygen atoms in total. The summed E-state index contributed by atoms with van der Waals surface area (Å²) in [7, 11) is -4.62. The Morgan fingerprint density at radius 1 is 1.60 bits per heavy atom. The third-order valence-electron chi connectivity index (χ3n) is 2.43. The monoisotopic (exact) mass is 232 g/mol. The average Bonchev–Trinajstić information content (AvgIpc) is 2.87. The Morgan fingerprint density at radius 3 is 2.73 bits per heavy atom. The molecule has 1 aromatic rings. The normalized spacial score (nSPS) is 16.9. The average molecular weight is 232 g/mol. The van der Waals surface area contributed by atoms with E-state index in [1.807, 2.05) is 6.92 Å². The van der Waals surface area contributed by atoms with E-state index in [9.17, 15) is 12.3 Å². The molecule has 1 aliphatic carbocycles. The van der Waals surface area contributed by atoms with E-state index >= 15 is 0 Å². The highest BCUT2D eigenvalue weighted by Gasteiger charge is 2.33. The molecule has 84 valence electrons. The van der Waals surface area contributed by atoms with E-state index < -0.39 is 10.2 Å². The summed E-state index contributed by atoms with van der Waals surface area (Å²) in [6.45, 7) is 2.58. The van der Waals surface area contributed by atoms with Crippen molar-refractivity contribution in [2.75, 3.05) is 0 Å². The van der Waals surface area contributed by atoms with Crippen molar-refractivity contribution in [1.82, 2.24) is 9.78 Å². The van der Waals surface area contributed by atoms with Gasteiger partial charge in [0.25, 0.3) is 0 Å². The molecule has 6 heteroatoms. The lowest BCUT2D eigenvalue weighted by Gasteiger charge is -1.94. The molecule has 1 aliphatic rings. The van der Waals surface area contributed by atoms with E-state index in [0.29, 0.717) is 12.2 Å². The van der Waals surface area contributed by atoms with Crippen LogP contribution in [0.3, 0.4) is 0 Å². The second-order valence-corrected chi connectivity index (χ2v) is 5.17. The number of hydrogen-bond acceptors (Lipinski definition) is 3. The summed E-state index contributed by atoms with van der Waals surface area (Å²) in [6, 6.07) is 0. The summed E-state index contributed by atoms with van der Waals surface area (Å²) in [5.74, 6) is 0.142. The first-order valence-corrected chi connectivity index (χ1v) is 6.42. The van der Waals surface area contributed by atoms with Crippen molar-refractivity contribution in [3.63, 3.8) is 0 Å². The fraction of sp³-hybridized carbons (Fsp3) is 0.667. The Hall–Kier alpha value is -0.910. The smallest absolute Gasteiger partial charge is 0.271 e. The van der Waals surface area contributed by atoms with Crippen LogP contribution in [-0.2, 0) is 16.8 Å². The van der Waals surface area contributed by atoms with E-state index in [1.165, 1.54) is 10.9 Å². The summed E-state index contributed by atoms with van der Waals surface area (Å²) in [5, 5.41) is 4.13. The van der Waals surface area contributed by atoms with Crippen LogP contribution in [0.2, 0.25) is 0 Å². The van der Waals surface area contributed by atoms with Crippen LogP contribution >= 0.6 is 0 Å². The molecule has 0 aromatic carbocycles. The van der Waals surface area contributed by atoms with Crippen molar-refractivity contribution in [3.05, 3.63) is 11.9 Å². The van der Waals surface area contributed by atoms with Crippen molar-refractivity contribution in [1.29, 1.82) is 0 Å². The van der Waals surface area contributed by atoms with Crippen molar-refractivity contribution in [3.8, 4) is 0 Å². The maximum atomic E-state index is 12.9. The number of halogens is 1. The maximum Gasteiger partial charge on any atom is 0.335 e. The number of rotatable bonds is 4. The first kappa shape index (κ1) is 10.6. The molecule has 2 rings (SSSR count). The van der Waals surface area contributed by atoms with Gasteiger partial charge in [0, 0.05) is 18.7 Å². The van der Waals surface area contributed by atoms with Crippen LogP contribution in [0.1, 0.15) is 37.8 Å². The molecule has 0 spiro atoms. The maximum absolute atomic E-state index is 12.9. The van der Waals surface area contributed by atoms with Crippen LogP contribution < -0.4 is 0 Å². The van der Waals surface area contributed by atoms with Crippen LogP contribution in [0.4, 0.5) is 3.89 Å². The van der Waals surface area contributed by atoms with E-state index in [2.05, 4.69) is 5.10 Å². The van der Waals surface area contributed by atoms with Crippen LogP contribution in [-0.4, -0.2) is 18.2 Å². The van der Waals surface area contributed by atoms with Crippen molar-refractivity contribution in [2.24, 2.45) is 0 Å². The quantitative estimate of drug-likeness (QED) is 0.744. The van der Waals surface area contributed by atoms with Crippen molar-refractivity contribution in [2.45, 2.75) is 43.5 Å². The van der Waals surface area contributed by atoms with Gasteiger partial charge in [0.2, 0.25) is 0 Å². The minimum atomic E-state index is -4.62. The van der Waals surface area contributed by atoms with Gasteiger partial charge >= 0.3 is 10.2 Å². The summed E-state index contributed by atoms with van der Waals surface area (Å²) in [6.07, 6.45) is 3.96. The summed E-state index contributed by atoms with van der Waals surface area (Å²) in [5.41, 5.74) is 0.408. The first-order valence-electron chi connectivity index (χ1n) is 5.04. The molecular formula is C9H13FN2O2S. The minimum Gasteiger partial charge on any atom is -0.271 e. The molecule has 1 aromatic heterocycles. The van der Waals surface area contributed by atoms with Crippen LogP contribution in [0, 0.1) is 0 Å². The van der Waals surface area contributed by atoms with Gasteiger partial charge in [-0.3, -0.25) is 4.68 Å². The number of aryl methyl sites for hydroxylation is 1. The minimum absolute atomic E-state index is 0.142. The topological polar surface area (TPSA) is 52.0 Å². The van der Waals surface area contributed by atoms with Gasteiger partial charge in [-0.15, -0.1) is 3.89 Å². The Balaban J connectivity index is 2.42. The zero-order chi connectivity index (χ0) is 11.1. The van der Waals surface area contributed by atoms with Gasteiger partial charge in [-0.25, -0.2) is 0 Å². The molecule has 1 heterocycles. The van der Waals surface area contributed by atoms with E-state index in [-0.39, 0.29) is 10.8 Å². The predicted octanol–water partition coefficient (Wildman–Crippen LogP) is 1.83. The highest BCUT2D eigenvalue weighted by molar-refractivity contribution is 7.86. The summed E-state index contributed by atoms with van der Waals surface area (Å²) >= 11 is 0. The van der Waals surface area contributed by atoms with Crippen LogP contribution in [0.25, 0.3) is 0 Å². The molecule has 15 heavy (non-hydrogen) atoms. The Bertz CT molecular complexity index is 462. The van der Waals surface area contributed by atoms with Gasteiger partial charge < -0.3 is 0 Å². The van der Waals surface area contributed by atoms with E-state index in [1.54, 1.807) is 0 Å². The predicted molar refractivity (Wildman–Crippen MR) is 52.8 cm³/mol. The lowest BCUT2D eigenvalue weighted by atomic mass is 10.3. The van der Waals surface area contributed by atoms with Gasteiger partial charge in [-0.2, -0.15) is 13.5 Å². The Kier molecular flexibility index (Phi) is 2.54. The third kappa shape index (κ3) is 2.19. The van der Waals surface area contributed by atoms with Gasteiger partial charge in [-0.05, 0) is 19.3 Å². The third-order valence-corrected chi connectivity index (χ3v) is 3.27. The molecule has 0 radical (unpaired) electrons. The molecule has 1 fully saturated rings. The van der Waals surface area contributed by atoms with Crippen LogP contribution in [0.5, 0.6) is 0 Å². The van der Waals surface area contributed by atoms with Crippen molar-refractivity contribution < 1.29 is 12.3 Å². The lowest BCUT2D eigenvalue weighted by Crippen LogP contribution is -1.97. The van der Waals surface area contributed by atoms with Gasteiger partial charge in [0.05, 0.1) is 5.69 Å². The number of hydrogen-bond donors (Lipinski definition) is 0. The SMILES string of the molecule is CCCn1cc(S(=O)(=O)F)c(C2CC2)n1. The Labute approximate surface area is 88.3 Å². The lowest BCUT2D eigenvalue weighted by molar-refractivity contribution is 0.550. The Morgan fingerprint density at radius 2 is 2.27 bits per heavy atom.